The summed E-state index contributed by atoms with van der Waals surface area (Å²) < 4.78 is 1.33. The van der Waals surface area contributed by atoms with Crippen LogP contribution in [0.2, 0.25) is 0 Å². The van der Waals surface area contributed by atoms with Crippen LogP contribution in [0.1, 0.15) is 25.3 Å². The Hall–Kier alpha value is -3.53. The second-order valence-corrected chi connectivity index (χ2v) is 7.76. The van der Waals surface area contributed by atoms with Crippen molar-refractivity contribution in [3.05, 3.63) is 64.0 Å². The number of carbonyl (C=O) groups excluding carboxylic acids is 3. The molecule has 4 amide bonds. The number of hydrazine groups is 1. The number of aromatic nitrogens is 2. The van der Waals surface area contributed by atoms with Gasteiger partial charge in [-0.3, -0.25) is 24.4 Å². The van der Waals surface area contributed by atoms with E-state index in [4.69, 9.17) is 0 Å². The number of aryl methyl sites for hydroxylation is 1. The molecule has 1 aromatic carbocycles. The minimum atomic E-state index is -1.23. The third-order valence-electron chi connectivity index (χ3n) is 5.16. The van der Waals surface area contributed by atoms with Gasteiger partial charge < -0.3 is 5.32 Å². The van der Waals surface area contributed by atoms with Gasteiger partial charge in [-0.1, -0.05) is 37.3 Å². The Kier molecular flexibility index (Phi) is 5.08. The van der Waals surface area contributed by atoms with Crippen molar-refractivity contribution >= 4 is 39.4 Å². The van der Waals surface area contributed by atoms with Crippen LogP contribution in [-0.4, -0.2) is 32.4 Å². The molecule has 3 aromatic rings. The Bertz CT molecular complexity index is 1190. The number of benzene rings is 1. The van der Waals surface area contributed by atoms with Gasteiger partial charge in [0.2, 0.25) is 5.91 Å². The number of hydrogen-bond acceptors (Lipinski definition) is 6. The Balaban J connectivity index is 1.46. The fourth-order valence-electron chi connectivity index (χ4n) is 3.49. The predicted molar refractivity (Wildman–Crippen MR) is 110 cm³/mol. The standard InChI is InChI=1S/C20H19N5O4S/c1-2-20(13-6-4-3-5-7-13)18(28)25(19(29)22-20)23-15(26)8-10-24-12-21-16-14(17(24)27)9-11-30-16/h3-7,9,11-12H,2,8,10H2,1H3,(H,22,29)(H,23,26). The van der Waals surface area contributed by atoms with Gasteiger partial charge in [0.05, 0.1) is 11.7 Å². The average Bonchev–Trinajstić information content (AvgIpc) is 3.33. The molecule has 0 radical (unpaired) electrons. The Morgan fingerprint density at radius 3 is 2.70 bits per heavy atom. The fourth-order valence-corrected chi connectivity index (χ4v) is 4.22. The fraction of sp³-hybridized carbons (Fsp3) is 0.250. The van der Waals surface area contributed by atoms with Crippen molar-refractivity contribution in [3.63, 3.8) is 0 Å². The lowest BCUT2D eigenvalue weighted by atomic mass is 9.87. The zero-order chi connectivity index (χ0) is 21.3. The van der Waals surface area contributed by atoms with Gasteiger partial charge in [0.15, 0.2) is 0 Å². The van der Waals surface area contributed by atoms with Crippen LogP contribution in [0, 0.1) is 0 Å². The van der Waals surface area contributed by atoms with Crippen molar-refractivity contribution in [2.75, 3.05) is 0 Å². The molecule has 1 unspecified atom stereocenters. The van der Waals surface area contributed by atoms with Gasteiger partial charge >= 0.3 is 6.03 Å². The molecule has 154 valence electrons. The summed E-state index contributed by atoms with van der Waals surface area (Å²) >= 11 is 1.36. The van der Waals surface area contributed by atoms with E-state index in [0.717, 1.165) is 0 Å². The smallest absolute Gasteiger partial charge is 0.318 e. The van der Waals surface area contributed by atoms with Crippen LogP contribution in [0.3, 0.4) is 0 Å². The maximum absolute atomic E-state index is 13.0. The second kappa shape index (κ2) is 7.71. The maximum atomic E-state index is 13.0. The molecule has 1 aliphatic heterocycles. The van der Waals surface area contributed by atoms with Gasteiger partial charge in [-0.15, -0.1) is 11.3 Å². The summed E-state index contributed by atoms with van der Waals surface area (Å²) in [5.41, 5.74) is 1.54. The Morgan fingerprint density at radius 2 is 1.97 bits per heavy atom. The molecule has 4 rings (SSSR count). The monoisotopic (exact) mass is 425 g/mol. The number of fused-ring (bicyclic) bond motifs is 1. The number of urea groups is 1. The number of amides is 4. The minimum absolute atomic E-state index is 0.0741. The van der Waals surface area contributed by atoms with Crippen LogP contribution in [0.5, 0.6) is 0 Å². The molecule has 1 saturated heterocycles. The van der Waals surface area contributed by atoms with Crippen molar-refractivity contribution in [2.45, 2.75) is 31.8 Å². The van der Waals surface area contributed by atoms with Crippen LogP contribution in [0.4, 0.5) is 4.79 Å². The number of nitrogens with zero attached hydrogens (tertiary/aromatic N) is 3. The first kappa shape index (κ1) is 19.8. The first-order valence-electron chi connectivity index (χ1n) is 9.40. The van der Waals surface area contributed by atoms with Gasteiger partial charge in [-0.05, 0) is 23.4 Å². The summed E-state index contributed by atoms with van der Waals surface area (Å²) in [5.74, 6) is -1.11. The Morgan fingerprint density at radius 1 is 1.20 bits per heavy atom. The molecule has 1 aliphatic rings. The summed E-state index contributed by atoms with van der Waals surface area (Å²) in [6, 6.07) is 9.88. The third kappa shape index (κ3) is 3.24. The molecule has 1 fully saturated rings. The highest BCUT2D eigenvalue weighted by Crippen LogP contribution is 2.31. The SMILES string of the molecule is CCC1(c2ccccc2)NC(=O)N(NC(=O)CCn2cnc3sccc3c2=O)C1=O. The van der Waals surface area contributed by atoms with E-state index in [1.165, 1.54) is 22.2 Å². The van der Waals surface area contributed by atoms with Crippen molar-refractivity contribution in [1.29, 1.82) is 0 Å². The number of rotatable bonds is 6. The molecule has 2 aromatic heterocycles. The normalized spacial score (nSPS) is 18.6. The van der Waals surface area contributed by atoms with Crippen molar-refractivity contribution in [2.24, 2.45) is 0 Å². The summed E-state index contributed by atoms with van der Waals surface area (Å²) in [7, 11) is 0. The number of thiophene rings is 1. The summed E-state index contributed by atoms with van der Waals surface area (Å²) in [5, 5.41) is 5.68. The van der Waals surface area contributed by atoms with Gasteiger partial charge in [0, 0.05) is 13.0 Å². The van der Waals surface area contributed by atoms with Crippen LogP contribution in [0.25, 0.3) is 10.2 Å². The predicted octanol–water partition coefficient (Wildman–Crippen LogP) is 1.74. The van der Waals surface area contributed by atoms with E-state index in [-0.39, 0.29) is 18.5 Å². The summed E-state index contributed by atoms with van der Waals surface area (Å²) in [4.78, 5) is 55.1. The van der Waals surface area contributed by atoms with E-state index in [1.54, 1.807) is 42.6 Å². The number of hydrogen-bond donors (Lipinski definition) is 2. The summed E-state index contributed by atoms with van der Waals surface area (Å²) in [6.45, 7) is 1.86. The number of nitrogens with one attached hydrogen (secondary N) is 2. The molecule has 0 saturated carbocycles. The van der Waals surface area contributed by atoms with E-state index in [1.807, 2.05) is 6.07 Å². The molecular weight excluding hydrogens is 406 g/mol. The minimum Gasteiger partial charge on any atom is -0.318 e. The molecule has 30 heavy (non-hydrogen) atoms. The largest absolute Gasteiger partial charge is 0.344 e. The molecule has 9 nitrogen and oxygen atoms in total. The highest BCUT2D eigenvalue weighted by Gasteiger charge is 2.52. The summed E-state index contributed by atoms with van der Waals surface area (Å²) in [6.07, 6.45) is 1.62. The van der Waals surface area contributed by atoms with Gasteiger partial charge in [0.25, 0.3) is 11.5 Å². The van der Waals surface area contributed by atoms with E-state index < -0.39 is 23.4 Å². The number of carbonyl (C=O) groups is 3. The van der Waals surface area contributed by atoms with Crippen LogP contribution >= 0.6 is 11.3 Å². The molecule has 0 bridgehead atoms. The van der Waals surface area contributed by atoms with Crippen LogP contribution in [-0.2, 0) is 21.7 Å². The van der Waals surface area contributed by atoms with E-state index >= 15 is 0 Å². The molecule has 10 heteroatoms. The van der Waals surface area contributed by atoms with Gasteiger partial charge in [-0.25, -0.2) is 9.78 Å². The first-order valence-corrected chi connectivity index (χ1v) is 10.3. The molecule has 0 spiro atoms. The zero-order valence-electron chi connectivity index (χ0n) is 16.1. The molecule has 2 N–H and O–H groups in total. The first-order chi connectivity index (χ1) is 14.5. The lowest BCUT2D eigenvalue weighted by molar-refractivity contribution is -0.139. The topological polar surface area (TPSA) is 113 Å². The van der Waals surface area contributed by atoms with Crippen molar-refractivity contribution in [1.82, 2.24) is 25.3 Å². The highest BCUT2D eigenvalue weighted by molar-refractivity contribution is 7.16. The van der Waals surface area contributed by atoms with Crippen molar-refractivity contribution in [3.8, 4) is 0 Å². The lowest BCUT2D eigenvalue weighted by Crippen LogP contribution is -2.48. The molecule has 0 aliphatic carbocycles. The van der Waals surface area contributed by atoms with Gasteiger partial charge in [0.1, 0.15) is 10.4 Å². The average molecular weight is 425 g/mol. The van der Waals surface area contributed by atoms with Crippen LogP contribution < -0.4 is 16.3 Å². The quantitative estimate of drug-likeness (QED) is 0.584. The highest BCUT2D eigenvalue weighted by atomic mass is 32.1. The number of imide groups is 1. The third-order valence-corrected chi connectivity index (χ3v) is 5.98. The maximum Gasteiger partial charge on any atom is 0.344 e. The molecule has 1 atom stereocenters. The van der Waals surface area contributed by atoms with Crippen molar-refractivity contribution < 1.29 is 14.4 Å². The van der Waals surface area contributed by atoms with Crippen LogP contribution in [0.15, 0.2) is 52.9 Å². The molecular formula is C20H19N5O4S. The van der Waals surface area contributed by atoms with E-state index in [9.17, 15) is 19.2 Å². The van der Waals surface area contributed by atoms with Gasteiger partial charge in [-0.2, -0.15) is 5.01 Å². The Labute approximate surface area is 175 Å². The van der Waals surface area contributed by atoms with E-state index in [0.29, 0.717) is 27.2 Å². The molecule has 3 heterocycles. The second-order valence-electron chi connectivity index (χ2n) is 6.86. The zero-order valence-corrected chi connectivity index (χ0v) is 16.9. The lowest BCUT2D eigenvalue weighted by Gasteiger charge is -2.25. The van der Waals surface area contributed by atoms with E-state index in [2.05, 4.69) is 15.7 Å².